The van der Waals surface area contributed by atoms with Crippen LogP contribution in [0.3, 0.4) is 0 Å². The van der Waals surface area contributed by atoms with Crippen LogP contribution in [0.5, 0.6) is 5.75 Å². The first-order valence-electron chi connectivity index (χ1n) is 10.6. The van der Waals surface area contributed by atoms with Crippen molar-refractivity contribution in [2.45, 2.75) is 0 Å². The Kier molecular flexibility index (Phi) is 6.07. The molecule has 0 saturated heterocycles. The summed E-state index contributed by atoms with van der Waals surface area (Å²) in [5, 5.41) is 29.2. The molecule has 1 aliphatic heterocycles. The topological polar surface area (TPSA) is 125 Å². The van der Waals surface area contributed by atoms with E-state index in [9.17, 15) is 29.7 Å². The fourth-order valence-electron chi connectivity index (χ4n) is 4.27. The number of phenols is 1. The molecule has 1 aliphatic carbocycles. The zero-order valence-electron chi connectivity index (χ0n) is 18.4. The van der Waals surface area contributed by atoms with Crippen LogP contribution in [0.25, 0.3) is 44.5 Å². The van der Waals surface area contributed by atoms with Gasteiger partial charge in [0.1, 0.15) is 17.1 Å². The fourth-order valence-corrected chi connectivity index (χ4v) is 5.04. The Hall–Kier alpha value is -4.04. The lowest BCUT2D eigenvalue weighted by molar-refractivity contribution is 0.0696. The van der Waals surface area contributed by atoms with Crippen molar-refractivity contribution in [2.24, 2.45) is 0 Å². The number of aromatic hydroxyl groups is 1. The first-order valence-corrected chi connectivity index (χ1v) is 11.7. The predicted octanol–water partition coefficient (Wildman–Crippen LogP) is 7.29. The Balaban J connectivity index is 2.03. The van der Waals surface area contributed by atoms with Gasteiger partial charge in [0.05, 0.1) is 26.2 Å². The van der Waals surface area contributed by atoms with Gasteiger partial charge in [-0.05, 0) is 23.8 Å². The van der Waals surface area contributed by atoms with E-state index in [1.54, 1.807) is 30.3 Å². The maximum atomic E-state index is 13.0. The summed E-state index contributed by atoms with van der Waals surface area (Å²) < 4.78 is 5.91. The monoisotopic (exact) mass is 554 g/mol. The van der Waals surface area contributed by atoms with Gasteiger partial charge in [0, 0.05) is 39.8 Å². The Morgan fingerprint density at radius 1 is 0.784 bits per heavy atom. The largest absolute Gasteiger partial charge is 0.506 e. The van der Waals surface area contributed by atoms with Crippen molar-refractivity contribution in [1.29, 1.82) is 0 Å². The number of rotatable bonds is 4. The van der Waals surface area contributed by atoms with Crippen LogP contribution in [0.15, 0.2) is 69.9 Å². The van der Waals surface area contributed by atoms with Crippen molar-refractivity contribution in [1.82, 2.24) is 0 Å². The van der Waals surface area contributed by atoms with Gasteiger partial charge in [-0.3, -0.25) is 4.79 Å². The maximum Gasteiger partial charge on any atom is 0.337 e. The minimum atomic E-state index is -1.53. The van der Waals surface area contributed by atoms with Gasteiger partial charge in [-0.2, -0.15) is 0 Å². The Bertz CT molecular complexity index is 1790. The van der Waals surface area contributed by atoms with Crippen molar-refractivity contribution in [3.05, 3.63) is 97.1 Å². The first kappa shape index (κ1) is 24.6. The van der Waals surface area contributed by atoms with Crippen LogP contribution in [-0.2, 0) is 0 Å². The molecule has 0 radical (unpaired) electrons. The van der Waals surface area contributed by atoms with Gasteiger partial charge in [0.15, 0.2) is 5.43 Å². The normalized spacial score (nSPS) is 11.2. The molecule has 0 spiro atoms. The van der Waals surface area contributed by atoms with E-state index < -0.39 is 28.1 Å². The molecule has 0 unspecified atom stereocenters. The van der Waals surface area contributed by atoms with E-state index in [2.05, 4.69) is 0 Å². The van der Waals surface area contributed by atoms with Gasteiger partial charge in [0.2, 0.25) is 0 Å². The summed E-state index contributed by atoms with van der Waals surface area (Å²) in [7, 11) is 0. The molecule has 0 saturated carbocycles. The van der Waals surface area contributed by atoms with Gasteiger partial charge in [-0.15, -0.1) is 0 Å². The Morgan fingerprint density at radius 3 is 2.14 bits per heavy atom. The summed E-state index contributed by atoms with van der Waals surface area (Å²) in [6, 6.07) is 15.2. The second kappa shape index (κ2) is 9.12. The molecule has 0 fully saturated rings. The number of benzene rings is 4. The van der Waals surface area contributed by atoms with E-state index in [4.69, 9.17) is 39.2 Å². The van der Waals surface area contributed by atoms with Crippen molar-refractivity contribution in [3.8, 4) is 39.3 Å². The Morgan fingerprint density at radius 2 is 1.49 bits per heavy atom. The average molecular weight is 556 g/mol. The van der Waals surface area contributed by atoms with E-state index >= 15 is 0 Å². The van der Waals surface area contributed by atoms with E-state index in [1.807, 2.05) is 0 Å². The minimum Gasteiger partial charge on any atom is -0.506 e. The quantitative estimate of drug-likeness (QED) is 0.199. The van der Waals surface area contributed by atoms with Gasteiger partial charge >= 0.3 is 11.9 Å². The third-order valence-electron chi connectivity index (χ3n) is 5.88. The van der Waals surface area contributed by atoms with E-state index in [0.717, 1.165) is 6.07 Å². The lowest BCUT2D eigenvalue weighted by Crippen LogP contribution is -2.10. The van der Waals surface area contributed by atoms with E-state index in [0.29, 0.717) is 11.1 Å². The molecule has 2 aliphatic rings. The zero-order chi connectivity index (χ0) is 26.6. The summed E-state index contributed by atoms with van der Waals surface area (Å²) in [6.45, 7) is 0. The van der Waals surface area contributed by atoms with E-state index in [1.165, 1.54) is 24.3 Å². The van der Waals surface area contributed by atoms with Crippen molar-refractivity contribution >= 4 is 57.7 Å². The highest BCUT2D eigenvalue weighted by Crippen LogP contribution is 2.48. The number of hydrogen-bond acceptors (Lipinski definition) is 5. The van der Waals surface area contributed by atoms with Crippen molar-refractivity contribution < 1.29 is 29.3 Å². The molecule has 5 rings (SSSR count). The highest BCUT2D eigenvalue weighted by molar-refractivity contribution is 6.41. The molecule has 37 heavy (non-hydrogen) atoms. The number of hydrogen-bond donors (Lipinski definition) is 3. The number of carboxylic acids is 2. The van der Waals surface area contributed by atoms with Gasteiger partial charge in [-0.1, -0.05) is 65.1 Å². The first-order chi connectivity index (χ1) is 17.6. The number of carbonyl (C=O) groups is 2. The average Bonchev–Trinajstić information content (AvgIpc) is 2.84. The number of halogens is 3. The lowest BCUT2D eigenvalue weighted by Gasteiger charge is -2.20. The molecule has 184 valence electrons. The summed E-state index contributed by atoms with van der Waals surface area (Å²) in [4.78, 5) is 37.1. The van der Waals surface area contributed by atoms with Crippen LogP contribution in [0.1, 0.15) is 20.7 Å². The third-order valence-corrected chi connectivity index (χ3v) is 6.88. The second-order valence-electron chi connectivity index (χ2n) is 8.07. The van der Waals surface area contributed by atoms with E-state index in [-0.39, 0.29) is 54.6 Å². The molecule has 3 aromatic rings. The lowest BCUT2D eigenvalue weighted by atomic mass is 9.88. The molecule has 3 aromatic carbocycles. The number of aromatic carboxylic acids is 2. The van der Waals surface area contributed by atoms with Crippen LogP contribution in [0, 0.1) is 0 Å². The summed E-state index contributed by atoms with van der Waals surface area (Å²) in [5.41, 5.74) is -0.0800. The summed E-state index contributed by atoms with van der Waals surface area (Å²) in [6.07, 6.45) is 0. The number of fused-ring (bicyclic) bond motifs is 2. The predicted molar refractivity (Wildman–Crippen MR) is 141 cm³/mol. The summed E-state index contributed by atoms with van der Waals surface area (Å²) >= 11 is 19.0. The van der Waals surface area contributed by atoms with Crippen LogP contribution >= 0.6 is 34.8 Å². The molecule has 3 N–H and O–H groups in total. The third kappa shape index (κ3) is 4.07. The zero-order valence-corrected chi connectivity index (χ0v) is 20.6. The SMILES string of the molecule is O=C(O)c1cc(Cl)c(-c2c3cc(-c4ccccc4)c(=O)cc-3oc3cc(O)c(Cl)cc23)c(C(=O)O)c1Cl. The van der Waals surface area contributed by atoms with Crippen LogP contribution < -0.4 is 5.43 Å². The van der Waals surface area contributed by atoms with Gasteiger partial charge in [-0.25, -0.2) is 9.59 Å². The Labute approximate surface area is 223 Å². The molecule has 0 aromatic heterocycles. The molecular weight excluding hydrogens is 543 g/mol. The smallest absolute Gasteiger partial charge is 0.337 e. The van der Waals surface area contributed by atoms with Crippen LogP contribution in [-0.4, -0.2) is 27.3 Å². The molecule has 0 atom stereocenters. The summed E-state index contributed by atoms with van der Waals surface area (Å²) in [5.74, 6) is -3.23. The molecule has 10 heteroatoms. The van der Waals surface area contributed by atoms with Crippen molar-refractivity contribution in [3.63, 3.8) is 0 Å². The fraction of sp³-hybridized carbons (Fsp3) is 0. The molecular formula is C27H13Cl3O7. The van der Waals surface area contributed by atoms with Gasteiger partial charge < -0.3 is 19.7 Å². The number of carboxylic acid groups (broad SMARTS) is 2. The standard InChI is InChI=1S/C27H13Cl3O7/c28-16-7-14-21(10-19(16)32)37-20-9-18(31)12(11-4-2-1-3-5-11)6-13(20)22(14)23-17(29)8-15(26(33)34)25(30)24(23)27(35)36/h1-10,32H,(H,33,34)(H,35,36). The second-order valence-corrected chi connectivity index (χ2v) is 9.26. The molecule has 0 amide bonds. The highest BCUT2D eigenvalue weighted by Gasteiger charge is 2.30. The van der Waals surface area contributed by atoms with Gasteiger partial charge in [0.25, 0.3) is 0 Å². The van der Waals surface area contributed by atoms with Crippen LogP contribution in [0.4, 0.5) is 0 Å². The molecule has 7 nitrogen and oxygen atoms in total. The minimum absolute atomic E-state index is 0.0618. The van der Waals surface area contributed by atoms with Crippen molar-refractivity contribution in [2.75, 3.05) is 0 Å². The molecule has 1 heterocycles. The van der Waals surface area contributed by atoms with Crippen LogP contribution in [0.2, 0.25) is 15.1 Å². The highest BCUT2D eigenvalue weighted by atomic mass is 35.5. The number of phenolic OH excluding ortho intramolecular Hbond substituents is 1. The molecule has 0 bridgehead atoms. The maximum absolute atomic E-state index is 13.0.